The predicted molar refractivity (Wildman–Crippen MR) is 113 cm³/mol. The highest BCUT2D eigenvalue weighted by Crippen LogP contribution is 2.31. The maximum absolute atomic E-state index is 12.6. The summed E-state index contributed by atoms with van der Waals surface area (Å²) in [6.07, 6.45) is 0. The number of hydrogen-bond donors (Lipinski definition) is 2. The van der Waals surface area contributed by atoms with Gasteiger partial charge in [0.25, 0.3) is 17.5 Å². The van der Waals surface area contributed by atoms with Crippen LogP contribution < -0.4 is 10.0 Å². The molecule has 0 aromatic heterocycles. The van der Waals surface area contributed by atoms with Crippen molar-refractivity contribution in [3.8, 4) is 0 Å². The highest BCUT2D eigenvalue weighted by Gasteiger charge is 2.44. The Morgan fingerprint density at radius 2 is 1.78 bits per heavy atom. The van der Waals surface area contributed by atoms with Crippen molar-refractivity contribution in [2.75, 3.05) is 12.3 Å². The van der Waals surface area contributed by atoms with Crippen LogP contribution in [0.3, 0.4) is 0 Å². The van der Waals surface area contributed by atoms with Crippen LogP contribution in [0, 0.1) is 10.1 Å². The molecular weight excluding hydrogens is 440 g/mol. The highest BCUT2D eigenvalue weighted by molar-refractivity contribution is 7.89. The summed E-state index contributed by atoms with van der Waals surface area (Å²) in [5.74, 6) is -2.95. The van der Waals surface area contributed by atoms with Crippen LogP contribution in [0.15, 0.2) is 48.5 Å². The van der Waals surface area contributed by atoms with Gasteiger partial charge < -0.3 is 5.32 Å². The summed E-state index contributed by atoms with van der Waals surface area (Å²) in [5, 5.41) is 13.6. The molecule has 0 aliphatic carbocycles. The molecule has 1 unspecified atom stereocenters. The monoisotopic (exact) mass is 460 g/mol. The first-order chi connectivity index (χ1) is 15.1. The van der Waals surface area contributed by atoms with Gasteiger partial charge in [-0.1, -0.05) is 36.4 Å². The van der Waals surface area contributed by atoms with Gasteiger partial charge in [-0.05, 0) is 18.6 Å². The Bertz CT molecular complexity index is 1180. The van der Waals surface area contributed by atoms with Gasteiger partial charge in [0.1, 0.15) is 11.6 Å². The van der Waals surface area contributed by atoms with Crippen LogP contribution in [0.2, 0.25) is 0 Å². The quantitative estimate of drug-likeness (QED) is 0.319. The number of sulfonamides is 1. The molecule has 12 heteroatoms. The third-order valence-corrected chi connectivity index (χ3v) is 6.22. The van der Waals surface area contributed by atoms with Gasteiger partial charge in [0.2, 0.25) is 15.9 Å². The minimum absolute atomic E-state index is 0.0986. The Hall–Kier alpha value is -3.64. The van der Waals surface area contributed by atoms with Gasteiger partial charge in [-0.3, -0.25) is 29.4 Å². The van der Waals surface area contributed by atoms with E-state index in [-0.39, 0.29) is 24.2 Å². The highest BCUT2D eigenvalue weighted by atomic mass is 32.2. The number of nitrogens with one attached hydrogen (secondary N) is 2. The number of imide groups is 1. The van der Waals surface area contributed by atoms with Gasteiger partial charge in [0, 0.05) is 19.2 Å². The Balaban J connectivity index is 1.59. The lowest BCUT2D eigenvalue weighted by Crippen LogP contribution is -2.48. The van der Waals surface area contributed by atoms with Gasteiger partial charge in [-0.15, -0.1) is 0 Å². The molecule has 0 saturated carbocycles. The molecule has 2 aromatic carbocycles. The summed E-state index contributed by atoms with van der Waals surface area (Å²) in [6, 6.07) is 11.3. The first-order valence-corrected chi connectivity index (χ1v) is 11.2. The Morgan fingerprint density at radius 1 is 1.09 bits per heavy atom. The molecule has 1 heterocycles. The number of carbonyl (C=O) groups excluding carboxylic acids is 3. The molecule has 1 aliphatic heterocycles. The number of nitro benzene ring substituents is 1. The molecule has 0 radical (unpaired) electrons. The molecule has 1 atom stereocenters. The number of nitro groups is 1. The second-order valence-corrected chi connectivity index (χ2v) is 8.96. The Kier molecular flexibility index (Phi) is 6.65. The number of fused-ring (bicyclic) bond motifs is 1. The lowest BCUT2D eigenvalue weighted by atomic mass is 10.1. The van der Waals surface area contributed by atoms with Crippen molar-refractivity contribution in [2.24, 2.45) is 0 Å². The molecule has 0 spiro atoms. The smallest absolute Gasteiger partial charge is 0.282 e. The number of amides is 3. The lowest BCUT2D eigenvalue weighted by Gasteiger charge is -2.21. The molecule has 3 rings (SSSR count). The fourth-order valence-corrected chi connectivity index (χ4v) is 4.13. The number of rotatable bonds is 9. The SMILES string of the molecule is CC(C(=O)NCCS(=O)(=O)NCc1ccccc1)N1C(=O)c2cccc([N+](=O)[O-])c2C1=O. The van der Waals surface area contributed by atoms with Gasteiger partial charge in [-0.2, -0.15) is 0 Å². The number of carbonyl (C=O) groups is 3. The topological polar surface area (TPSA) is 156 Å². The van der Waals surface area contributed by atoms with E-state index in [4.69, 9.17) is 0 Å². The van der Waals surface area contributed by atoms with Crippen LogP contribution in [-0.4, -0.2) is 54.3 Å². The fourth-order valence-electron chi connectivity index (χ4n) is 3.22. The second kappa shape index (κ2) is 9.24. The molecule has 3 amide bonds. The normalized spacial score (nSPS) is 14.2. The van der Waals surface area contributed by atoms with Gasteiger partial charge in [0.15, 0.2) is 0 Å². The first kappa shape index (κ1) is 23.0. The van der Waals surface area contributed by atoms with Crippen LogP contribution in [0.25, 0.3) is 0 Å². The molecule has 0 saturated heterocycles. The van der Waals surface area contributed by atoms with Gasteiger partial charge >= 0.3 is 0 Å². The third kappa shape index (κ3) is 4.81. The van der Waals surface area contributed by atoms with E-state index in [0.717, 1.165) is 11.6 Å². The van der Waals surface area contributed by atoms with E-state index >= 15 is 0 Å². The Morgan fingerprint density at radius 3 is 2.44 bits per heavy atom. The standard InChI is InChI=1S/C20H20N4O7S/c1-13(23-19(26)15-8-5-9-16(24(28)29)17(15)20(23)27)18(25)21-10-11-32(30,31)22-12-14-6-3-2-4-7-14/h2-9,13,22H,10-12H2,1H3,(H,21,25). The van der Waals surface area contributed by atoms with E-state index in [0.29, 0.717) is 4.90 Å². The summed E-state index contributed by atoms with van der Waals surface area (Å²) >= 11 is 0. The van der Waals surface area contributed by atoms with Gasteiger partial charge in [-0.25, -0.2) is 13.1 Å². The summed E-state index contributed by atoms with van der Waals surface area (Å²) < 4.78 is 26.7. The Labute approximate surface area is 183 Å². The summed E-state index contributed by atoms with van der Waals surface area (Å²) in [5.41, 5.74) is -0.272. The average molecular weight is 460 g/mol. The maximum atomic E-state index is 12.6. The van der Waals surface area contributed by atoms with Crippen molar-refractivity contribution in [1.82, 2.24) is 14.9 Å². The van der Waals surface area contributed by atoms with Crippen LogP contribution in [0.1, 0.15) is 33.2 Å². The van der Waals surface area contributed by atoms with Crippen molar-refractivity contribution in [3.63, 3.8) is 0 Å². The molecule has 32 heavy (non-hydrogen) atoms. The third-order valence-electron chi connectivity index (χ3n) is 4.90. The average Bonchev–Trinajstić information content (AvgIpc) is 3.02. The zero-order chi connectivity index (χ0) is 23.5. The minimum atomic E-state index is -3.69. The number of benzene rings is 2. The molecule has 2 aromatic rings. The summed E-state index contributed by atoms with van der Waals surface area (Å²) in [6.45, 7) is 1.13. The van der Waals surface area contributed by atoms with E-state index < -0.39 is 50.2 Å². The van der Waals surface area contributed by atoms with E-state index in [1.165, 1.54) is 19.1 Å². The summed E-state index contributed by atoms with van der Waals surface area (Å²) in [4.78, 5) is 48.7. The van der Waals surface area contributed by atoms with E-state index in [9.17, 15) is 32.9 Å². The van der Waals surface area contributed by atoms with E-state index in [1.807, 2.05) is 0 Å². The molecule has 168 valence electrons. The number of nitrogens with zero attached hydrogens (tertiary/aromatic N) is 2. The van der Waals surface area contributed by atoms with Crippen molar-refractivity contribution in [2.45, 2.75) is 19.5 Å². The van der Waals surface area contributed by atoms with Crippen LogP contribution in [0.5, 0.6) is 0 Å². The largest absolute Gasteiger partial charge is 0.353 e. The molecule has 11 nitrogen and oxygen atoms in total. The molecular formula is C20H20N4O7S. The van der Waals surface area contributed by atoms with Gasteiger partial charge in [0.05, 0.1) is 16.2 Å². The molecule has 2 N–H and O–H groups in total. The van der Waals surface area contributed by atoms with Crippen molar-refractivity contribution in [3.05, 3.63) is 75.3 Å². The minimum Gasteiger partial charge on any atom is -0.353 e. The predicted octanol–water partition coefficient (Wildman–Crippen LogP) is 0.815. The maximum Gasteiger partial charge on any atom is 0.282 e. The lowest BCUT2D eigenvalue weighted by molar-refractivity contribution is -0.385. The number of hydrogen-bond acceptors (Lipinski definition) is 7. The second-order valence-electron chi connectivity index (χ2n) is 7.03. The van der Waals surface area contributed by atoms with Crippen molar-refractivity contribution in [1.29, 1.82) is 0 Å². The summed E-state index contributed by atoms with van der Waals surface area (Å²) in [7, 11) is -3.69. The van der Waals surface area contributed by atoms with Crippen LogP contribution >= 0.6 is 0 Å². The van der Waals surface area contributed by atoms with Crippen molar-refractivity contribution >= 4 is 33.4 Å². The van der Waals surface area contributed by atoms with E-state index in [1.54, 1.807) is 30.3 Å². The van der Waals surface area contributed by atoms with Crippen LogP contribution in [-0.2, 0) is 21.4 Å². The zero-order valence-corrected chi connectivity index (χ0v) is 17.8. The van der Waals surface area contributed by atoms with Crippen molar-refractivity contribution < 1.29 is 27.7 Å². The first-order valence-electron chi connectivity index (χ1n) is 9.56. The fraction of sp³-hybridized carbons (Fsp3) is 0.250. The van der Waals surface area contributed by atoms with E-state index in [2.05, 4.69) is 10.0 Å². The zero-order valence-electron chi connectivity index (χ0n) is 17.0. The molecule has 1 aliphatic rings. The van der Waals surface area contributed by atoms with Crippen LogP contribution in [0.4, 0.5) is 5.69 Å². The molecule has 0 fully saturated rings. The molecule has 0 bridgehead atoms.